The van der Waals surface area contributed by atoms with Gasteiger partial charge in [0.2, 0.25) is 0 Å². The van der Waals surface area contributed by atoms with Gasteiger partial charge >= 0.3 is 5.97 Å². The maximum atomic E-state index is 12.2. The van der Waals surface area contributed by atoms with Crippen molar-refractivity contribution >= 4 is 5.97 Å². The van der Waals surface area contributed by atoms with Crippen LogP contribution in [-0.2, 0) is 9.53 Å². The minimum atomic E-state index is -0.447. The molecule has 0 amide bonds. The van der Waals surface area contributed by atoms with Gasteiger partial charge in [-0.05, 0) is 38.0 Å². The predicted octanol–water partition coefficient (Wildman–Crippen LogP) is 3.13. The zero-order valence-corrected chi connectivity index (χ0v) is 12.6. The quantitative estimate of drug-likeness (QED) is 0.767. The lowest BCUT2D eigenvalue weighted by Gasteiger charge is -2.42. The summed E-state index contributed by atoms with van der Waals surface area (Å²) in [5, 5.41) is 3.54. The number of hydrogen-bond donors (Lipinski definition) is 1. The Bertz CT molecular complexity index is 278. The van der Waals surface area contributed by atoms with Gasteiger partial charge in [0.05, 0.1) is 7.11 Å². The van der Waals surface area contributed by atoms with E-state index in [0.717, 1.165) is 25.7 Å². The minimum absolute atomic E-state index is 0.0758. The highest BCUT2D eigenvalue weighted by molar-refractivity contribution is 5.81. The van der Waals surface area contributed by atoms with Gasteiger partial charge in [0.15, 0.2) is 0 Å². The lowest BCUT2D eigenvalue weighted by Crippen LogP contribution is -2.58. The van der Waals surface area contributed by atoms with Gasteiger partial charge in [-0.1, -0.05) is 33.6 Å². The number of rotatable bonds is 5. The molecule has 0 aliphatic heterocycles. The second-order valence-corrected chi connectivity index (χ2v) is 6.13. The number of hydrogen-bond acceptors (Lipinski definition) is 3. The lowest BCUT2D eigenvalue weighted by molar-refractivity contribution is -0.151. The lowest BCUT2D eigenvalue weighted by atomic mass is 9.71. The van der Waals surface area contributed by atoms with E-state index in [1.807, 2.05) is 0 Å². The van der Waals surface area contributed by atoms with Gasteiger partial charge < -0.3 is 4.74 Å². The molecule has 1 aliphatic carbocycles. The van der Waals surface area contributed by atoms with Crippen LogP contribution in [0.15, 0.2) is 0 Å². The molecular weight excluding hydrogens is 226 g/mol. The summed E-state index contributed by atoms with van der Waals surface area (Å²) in [6.45, 7) is 8.79. The Balaban J connectivity index is 2.86. The second-order valence-electron chi connectivity index (χ2n) is 6.13. The Morgan fingerprint density at radius 1 is 1.44 bits per heavy atom. The molecule has 106 valence electrons. The third-order valence-electron chi connectivity index (χ3n) is 4.44. The Kier molecular flexibility index (Phi) is 5.64. The van der Waals surface area contributed by atoms with Gasteiger partial charge in [0.1, 0.15) is 5.54 Å². The Morgan fingerprint density at radius 2 is 2.11 bits per heavy atom. The van der Waals surface area contributed by atoms with Gasteiger partial charge in [-0.25, -0.2) is 0 Å². The fourth-order valence-electron chi connectivity index (χ4n) is 3.03. The van der Waals surface area contributed by atoms with Gasteiger partial charge in [-0.15, -0.1) is 0 Å². The molecule has 0 saturated heterocycles. The molecule has 0 aromatic rings. The van der Waals surface area contributed by atoms with Crippen LogP contribution in [0.2, 0.25) is 0 Å². The molecular formula is C15H29NO2. The van der Waals surface area contributed by atoms with Crippen LogP contribution in [0.25, 0.3) is 0 Å². The summed E-state index contributed by atoms with van der Waals surface area (Å²) < 4.78 is 5.07. The fourth-order valence-corrected chi connectivity index (χ4v) is 3.03. The van der Waals surface area contributed by atoms with Gasteiger partial charge in [0.25, 0.3) is 0 Å². The Morgan fingerprint density at radius 3 is 2.61 bits per heavy atom. The topological polar surface area (TPSA) is 38.3 Å². The molecule has 0 spiro atoms. The SMILES string of the molecule is CCC(C)NC1(C(=O)OC)CCCC(C(C)C)C1. The highest BCUT2D eigenvalue weighted by Gasteiger charge is 2.44. The number of nitrogens with one attached hydrogen (secondary N) is 1. The summed E-state index contributed by atoms with van der Waals surface area (Å²) in [6.07, 6.45) is 5.21. The van der Waals surface area contributed by atoms with Gasteiger partial charge in [-0.2, -0.15) is 0 Å². The van der Waals surface area contributed by atoms with E-state index in [0.29, 0.717) is 17.9 Å². The zero-order valence-electron chi connectivity index (χ0n) is 12.6. The van der Waals surface area contributed by atoms with E-state index >= 15 is 0 Å². The molecule has 0 radical (unpaired) electrons. The van der Waals surface area contributed by atoms with E-state index < -0.39 is 5.54 Å². The predicted molar refractivity (Wildman–Crippen MR) is 74.4 cm³/mol. The number of methoxy groups -OCH3 is 1. The molecule has 1 fully saturated rings. The second kappa shape index (κ2) is 6.55. The van der Waals surface area contributed by atoms with Crippen LogP contribution in [0.5, 0.6) is 0 Å². The molecule has 3 nitrogen and oxygen atoms in total. The molecule has 1 rings (SSSR count). The summed E-state index contributed by atoms with van der Waals surface area (Å²) in [7, 11) is 1.50. The molecule has 1 aliphatic rings. The highest BCUT2D eigenvalue weighted by atomic mass is 16.5. The highest BCUT2D eigenvalue weighted by Crippen LogP contribution is 2.37. The largest absolute Gasteiger partial charge is 0.468 e. The maximum absolute atomic E-state index is 12.2. The Labute approximate surface area is 112 Å². The Hall–Kier alpha value is -0.570. The van der Waals surface area contributed by atoms with Gasteiger partial charge in [-0.3, -0.25) is 10.1 Å². The van der Waals surface area contributed by atoms with Crippen LogP contribution in [0.1, 0.15) is 59.8 Å². The normalized spacial score (nSPS) is 30.2. The van der Waals surface area contributed by atoms with Crippen molar-refractivity contribution in [3.63, 3.8) is 0 Å². The summed E-state index contributed by atoms with van der Waals surface area (Å²) in [6, 6.07) is 0.356. The molecule has 18 heavy (non-hydrogen) atoms. The van der Waals surface area contributed by atoms with Crippen molar-refractivity contribution in [3.05, 3.63) is 0 Å². The van der Waals surface area contributed by atoms with E-state index in [1.54, 1.807) is 0 Å². The van der Waals surface area contributed by atoms with Crippen molar-refractivity contribution in [2.45, 2.75) is 71.4 Å². The number of carbonyl (C=O) groups excluding carboxylic acids is 1. The number of ether oxygens (including phenoxy) is 1. The van der Waals surface area contributed by atoms with Crippen LogP contribution < -0.4 is 5.32 Å². The maximum Gasteiger partial charge on any atom is 0.326 e. The van der Waals surface area contributed by atoms with Crippen LogP contribution >= 0.6 is 0 Å². The van der Waals surface area contributed by atoms with Crippen molar-refractivity contribution in [3.8, 4) is 0 Å². The average molecular weight is 255 g/mol. The minimum Gasteiger partial charge on any atom is -0.468 e. The molecule has 0 heterocycles. The van der Waals surface area contributed by atoms with Gasteiger partial charge in [0, 0.05) is 6.04 Å². The van der Waals surface area contributed by atoms with E-state index in [1.165, 1.54) is 13.5 Å². The van der Waals surface area contributed by atoms with Crippen molar-refractivity contribution in [1.29, 1.82) is 0 Å². The van der Waals surface area contributed by atoms with Crippen molar-refractivity contribution < 1.29 is 9.53 Å². The first-order chi connectivity index (χ1) is 8.45. The zero-order chi connectivity index (χ0) is 13.8. The number of esters is 1. The summed E-state index contributed by atoms with van der Waals surface area (Å²) >= 11 is 0. The third-order valence-corrected chi connectivity index (χ3v) is 4.44. The van der Waals surface area contributed by atoms with E-state index in [9.17, 15) is 4.79 Å². The molecule has 1 saturated carbocycles. The van der Waals surface area contributed by atoms with Crippen molar-refractivity contribution in [2.24, 2.45) is 11.8 Å². The molecule has 3 heteroatoms. The summed E-state index contributed by atoms with van der Waals surface area (Å²) in [5.41, 5.74) is -0.447. The molecule has 1 N–H and O–H groups in total. The monoisotopic (exact) mass is 255 g/mol. The van der Waals surface area contributed by atoms with Crippen LogP contribution in [0, 0.1) is 11.8 Å². The smallest absolute Gasteiger partial charge is 0.326 e. The average Bonchev–Trinajstić information content (AvgIpc) is 2.37. The molecule has 0 bridgehead atoms. The van der Waals surface area contributed by atoms with Crippen LogP contribution in [0.4, 0.5) is 0 Å². The molecule has 3 atom stereocenters. The van der Waals surface area contributed by atoms with E-state index in [-0.39, 0.29) is 5.97 Å². The standard InChI is InChI=1S/C15H29NO2/c1-6-12(4)16-15(14(17)18-5)9-7-8-13(10-15)11(2)3/h11-13,16H,6-10H2,1-5H3. The third kappa shape index (κ3) is 3.47. The molecule has 0 aromatic heterocycles. The first kappa shape index (κ1) is 15.5. The first-order valence-electron chi connectivity index (χ1n) is 7.31. The number of carbonyl (C=O) groups is 1. The van der Waals surface area contributed by atoms with Crippen LogP contribution in [0.3, 0.4) is 0 Å². The molecule has 0 aromatic carbocycles. The summed E-state index contributed by atoms with van der Waals surface area (Å²) in [4.78, 5) is 12.2. The van der Waals surface area contributed by atoms with Crippen LogP contribution in [-0.4, -0.2) is 24.7 Å². The first-order valence-corrected chi connectivity index (χ1v) is 7.31. The fraction of sp³-hybridized carbons (Fsp3) is 0.933. The van der Waals surface area contributed by atoms with Crippen molar-refractivity contribution in [2.75, 3.05) is 7.11 Å². The summed E-state index contributed by atoms with van der Waals surface area (Å²) in [5.74, 6) is 1.18. The molecule has 3 unspecified atom stereocenters. The van der Waals surface area contributed by atoms with E-state index in [2.05, 4.69) is 33.0 Å². The van der Waals surface area contributed by atoms with Crippen molar-refractivity contribution in [1.82, 2.24) is 5.32 Å². The van der Waals surface area contributed by atoms with E-state index in [4.69, 9.17) is 4.74 Å².